The molecular weight excluding hydrogens is 1200 g/mol. The number of rotatable bonds is 58. The van der Waals surface area contributed by atoms with Crippen LogP contribution in [-0.4, -0.2) is 160 Å². The van der Waals surface area contributed by atoms with Crippen molar-refractivity contribution in [3.63, 3.8) is 0 Å². The van der Waals surface area contributed by atoms with E-state index in [1.54, 1.807) is 0 Å². The summed E-state index contributed by atoms with van der Waals surface area (Å²) >= 11 is 15.5. The molecule has 0 saturated heterocycles. The molecule has 2 aliphatic carbocycles. The zero-order chi connectivity index (χ0) is 63.5. The van der Waals surface area contributed by atoms with Crippen LogP contribution >= 0.6 is 82.3 Å². The summed E-state index contributed by atoms with van der Waals surface area (Å²) in [6.07, 6.45) is 42.6. The molecule has 86 heavy (non-hydrogen) atoms. The minimum absolute atomic E-state index is 0.339. The Bertz CT molecular complexity index is 1340. The first kappa shape index (κ1) is 88.2. The summed E-state index contributed by atoms with van der Waals surface area (Å²) < 4.78 is 0. The second-order valence-electron chi connectivity index (χ2n) is 26.8. The van der Waals surface area contributed by atoms with Gasteiger partial charge in [-0.3, -0.25) is 0 Å². The molecule has 10 atom stereocenters. The molecule has 0 radical (unpaired) electrons. The molecule has 0 heterocycles. The smallest absolute Gasteiger partial charge is 0.0431 e. The third-order valence-electron chi connectivity index (χ3n) is 18.1. The Morgan fingerprint density at radius 2 is 0.709 bits per heavy atom. The first-order chi connectivity index (χ1) is 41.9. The van der Waals surface area contributed by atoms with Gasteiger partial charge in [-0.05, 0) is 234 Å². The minimum atomic E-state index is 0.339. The van der Waals surface area contributed by atoms with Gasteiger partial charge < -0.3 is 35.7 Å². The SMILES string of the molecule is CC(C)C(CCC(CCSCCCCCCO)CSCCCCCCO)SCCCCCCO.CC(C)C1CC(SCCCCCCO)C(C)CC1SCCCCCCO.CC(C)C1CCC(C)C(SCCCCCCO)C1SCCCCCCO. The number of aliphatic hydroxyl groups excluding tert-OH is 7. The molecule has 2 fully saturated rings. The van der Waals surface area contributed by atoms with E-state index < -0.39 is 0 Å². The highest BCUT2D eigenvalue weighted by Crippen LogP contribution is 2.47. The van der Waals surface area contributed by atoms with E-state index in [0.717, 1.165) is 119 Å². The van der Waals surface area contributed by atoms with Gasteiger partial charge in [0.1, 0.15) is 0 Å². The van der Waals surface area contributed by atoms with Crippen molar-refractivity contribution in [3.8, 4) is 0 Å². The first-order valence-electron chi connectivity index (χ1n) is 36.4. The van der Waals surface area contributed by atoms with Gasteiger partial charge in [-0.2, -0.15) is 82.3 Å². The van der Waals surface area contributed by atoms with E-state index in [1.807, 2.05) is 0 Å². The van der Waals surface area contributed by atoms with Gasteiger partial charge in [0.2, 0.25) is 0 Å². The molecule has 0 bridgehead atoms. The van der Waals surface area contributed by atoms with E-state index in [-0.39, 0.29) is 0 Å². The lowest BCUT2D eigenvalue weighted by molar-refractivity contribution is 0.251. The van der Waals surface area contributed by atoms with E-state index in [2.05, 4.69) is 138 Å². The van der Waals surface area contributed by atoms with Crippen LogP contribution in [0.5, 0.6) is 0 Å². The monoisotopic (exact) mass is 1350 g/mol. The van der Waals surface area contributed by atoms with Crippen LogP contribution in [0.2, 0.25) is 0 Å². The number of aliphatic hydroxyl groups is 7. The third kappa shape index (κ3) is 50.6. The average Bonchev–Trinajstić information content (AvgIpc) is 3.33. The molecule has 518 valence electrons. The molecule has 2 aliphatic rings. The molecular formula is C72H146O7S7. The van der Waals surface area contributed by atoms with Crippen LogP contribution in [0.3, 0.4) is 0 Å². The van der Waals surface area contributed by atoms with Gasteiger partial charge in [-0.25, -0.2) is 0 Å². The average molecular weight is 1350 g/mol. The summed E-state index contributed by atoms with van der Waals surface area (Å²) in [7, 11) is 0. The molecule has 2 rings (SSSR count). The van der Waals surface area contributed by atoms with Crippen LogP contribution in [0.15, 0.2) is 0 Å². The Hall–Kier alpha value is 2.17. The Kier molecular flexibility index (Phi) is 67.5. The Balaban J connectivity index is 0.00000128. The van der Waals surface area contributed by atoms with Crippen LogP contribution in [0.4, 0.5) is 0 Å². The molecule has 7 nitrogen and oxygen atoms in total. The van der Waals surface area contributed by atoms with Crippen LogP contribution < -0.4 is 0 Å². The highest BCUT2D eigenvalue weighted by atomic mass is 32.2. The predicted molar refractivity (Wildman–Crippen MR) is 400 cm³/mol. The van der Waals surface area contributed by atoms with Crippen molar-refractivity contribution in [2.24, 2.45) is 47.3 Å². The lowest BCUT2D eigenvalue weighted by Gasteiger charge is -2.43. The second-order valence-corrected chi connectivity index (χ2v) is 35.8. The Labute approximate surface area is 565 Å². The van der Waals surface area contributed by atoms with Crippen molar-refractivity contribution in [2.75, 3.05) is 98.0 Å². The summed E-state index contributed by atoms with van der Waals surface area (Å²) in [6, 6.07) is 0. The third-order valence-corrected chi connectivity index (χ3v) is 28.7. The molecule has 0 aliphatic heterocycles. The quantitative estimate of drug-likeness (QED) is 0.0291. The summed E-state index contributed by atoms with van der Waals surface area (Å²) in [5, 5.41) is 66.5. The molecule has 14 heteroatoms. The fourth-order valence-electron chi connectivity index (χ4n) is 12.3. The number of hydrogen-bond acceptors (Lipinski definition) is 14. The largest absolute Gasteiger partial charge is 0.396 e. The van der Waals surface area contributed by atoms with Crippen molar-refractivity contribution in [3.05, 3.63) is 0 Å². The van der Waals surface area contributed by atoms with Crippen molar-refractivity contribution in [2.45, 2.75) is 306 Å². The molecule has 10 unspecified atom stereocenters. The predicted octanol–water partition coefficient (Wildman–Crippen LogP) is 19.7. The molecule has 0 amide bonds. The van der Waals surface area contributed by atoms with Crippen molar-refractivity contribution in [1.82, 2.24) is 0 Å². The van der Waals surface area contributed by atoms with Gasteiger partial charge in [0.25, 0.3) is 0 Å². The summed E-state index contributed by atoms with van der Waals surface area (Å²) in [5.41, 5.74) is 0. The molecule has 0 aromatic heterocycles. The zero-order valence-electron chi connectivity index (χ0n) is 57.6. The fourth-order valence-corrected chi connectivity index (χ4v) is 23.0. The molecule has 0 aromatic rings. The standard InChI is InChI=1S/C28H58O3S3.2C22H44O2S2/c1-26(2)28(34-23-14-8-5-11-20-31)16-15-27(25-33-22-13-7-4-10-19-30)17-24-32-21-12-6-3-9-18-29;1-18(2)20-13-12-19(3)21(25-16-10-6-4-8-14-23)22(20)26-17-11-7-5-9-15-24;1-18(2)20-17-21(25-14-10-6-4-8-12-23)19(3)16-22(20)26-15-11-7-5-9-13-24/h26-31H,3-25H2,1-2H3;2*18-24H,4-17H2,1-3H3. The Morgan fingerprint density at radius 1 is 0.326 bits per heavy atom. The maximum Gasteiger partial charge on any atom is 0.0431 e. The van der Waals surface area contributed by atoms with E-state index in [9.17, 15) is 0 Å². The fraction of sp³-hybridized carbons (Fsp3) is 1.00. The van der Waals surface area contributed by atoms with Gasteiger partial charge in [-0.15, -0.1) is 0 Å². The van der Waals surface area contributed by atoms with E-state index in [0.29, 0.717) is 46.2 Å². The van der Waals surface area contributed by atoms with Crippen LogP contribution in [0.1, 0.15) is 280 Å². The molecule has 2 saturated carbocycles. The van der Waals surface area contributed by atoms with Crippen molar-refractivity contribution >= 4 is 82.3 Å². The molecule has 0 spiro atoms. The van der Waals surface area contributed by atoms with Gasteiger partial charge >= 0.3 is 0 Å². The normalized spacial score (nSPS) is 21.4. The maximum atomic E-state index is 8.94. The van der Waals surface area contributed by atoms with Crippen molar-refractivity contribution in [1.29, 1.82) is 0 Å². The van der Waals surface area contributed by atoms with Gasteiger partial charge in [0.15, 0.2) is 0 Å². The molecule has 0 aromatic carbocycles. The highest BCUT2D eigenvalue weighted by Gasteiger charge is 2.39. The number of hydrogen-bond donors (Lipinski definition) is 7. The first-order valence-corrected chi connectivity index (χ1v) is 43.9. The minimum Gasteiger partial charge on any atom is -0.396 e. The van der Waals surface area contributed by atoms with Crippen molar-refractivity contribution < 1.29 is 35.7 Å². The maximum absolute atomic E-state index is 8.94. The van der Waals surface area contributed by atoms with Crippen LogP contribution in [0.25, 0.3) is 0 Å². The van der Waals surface area contributed by atoms with E-state index >= 15 is 0 Å². The summed E-state index contributed by atoms with van der Waals surface area (Å²) in [5.74, 6) is 18.2. The van der Waals surface area contributed by atoms with Crippen LogP contribution in [-0.2, 0) is 0 Å². The number of thioether (sulfide) groups is 7. The second kappa shape index (κ2) is 65.8. The topological polar surface area (TPSA) is 142 Å². The summed E-state index contributed by atoms with van der Waals surface area (Å²) in [4.78, 5) is 0. The number of unbranched alkanes of at least 4 members (excludes halogenated alkanes) is 21. The molecule has 7 N–H and O–H groups in total. The summed E-state index contributed by atoms with van der Waals surface area (Å²) in [6.45, 7) is 21.9. The van der Waals surface area contributed by atoms with Gasteiger partial charge in [-0.1, -0.05) is 145 Å². The van der Waals surface area contributed by atoms with Gasteiger partial charge in [0, 0.05) is 72.5 Å². The Morgan fingerprint density at radius 3 is 1.14 bits per heavy atom. The van der Waals surface area contributed by atoms with E-state index in [1.165, 1.54) is 232 Å². The highest BCUT2D eigenvalue weighted by molar-refractivity contribution is 8.03. The van der Waals surface area contributed by atoms with E-state index in [4.69, 9.17) is 35.7 Å². The van der Waals surface area contributed by atoms with Crippen LogP contribution in [0, 0.1) is 47.3 Å². The van der Waals surface area contributed by atoms with Gasteiger partial charge in [0.05, 0.1) is 0 Å². The zero-order valence-corrected chi connectivity index (χ0v) is 63.3. The lowest BCUT2D eigenvalue weighted by Crippen LogP contribution is -2.41. The lowest BCUT2D eigenvalue weighted by atomic mass is 9.77.